The van der Waals surface area contributed by atoms with Crippen LogP contribution in [0.25, 0.3) is 50.0 Å². The maximum atomic E-state index is 12.7. The van der Waals surface area contributed by atoms with Gasteiger partial charge in [0.2, 0.25) is 0 Å². The Hall–Kier alpha value is -6.08. The first-order chi connectivity index (χ1) is 30.8. The number of thiocarbonyl (C=S) groups is 1. The summed E-state index contributed by atoms with van der Waals surface area (Å²) in [7, 11) is 0. The minimum atomic E-state index is -4.50. The first-order valence-electron chi connectivity index (χ1n) is 19.7. The molecular weight excluding hydrogens is 981 g/mol. The van der Waals surface area contributed by atoms with Crippen LogP contribution >= 0.6 is 34.9 Å². The van der Waals surface area contributed by atoms with E-state index in [1.54, 1.807) is 65.4 Å². The van der Waals surface area contributed by atoms with Crippen LogP contribution < -0.4 is 14.6 Å². The van der Waals surface area contributed by atoms with E-state index in [2.05, 4.69) is 99.4 Å². The number of alkyl halides is 3. The molecule has 0 amide bonds. The number of unbranched alkanes of at least 4 members (excludes halogenated alkanes) is 3. The standard InChI is InChI=1S/C27H21N3O4S.C19H19F3N3S.CNS.Ru/c1-27(2,3)26-7-6-21(35-26)5-4-18-8-10-28-22(12-18)24-14-20(34-17-32)15-25(30-24)23-13-19(33-16-31)9-11-29-23;1-2-3-4-5-6-13-8-10-26-18(13)14-7-9-23-15(11-14)16-12-17(25-24-16)19(20,21)22;2-1-3;/h6-17H,1-3H3;7-12H,2-6H2,1H3;;/q;2*-1;+2. The summed E-state index contributed by atoms with van der Waals surface area (Å²) in [6.07, 6.45) is 6.03. The zero-order valence-corrected chi connectivity index (χ0v) is 39.6. The van der Waals surface area contributed by atoms with E-state index in [0.29, 0.717) is 47.2 Å². The van der Waals surface area contributed by atoms with Crippen LogP contribution in [0.1, 0.15) is 80.0 Å². The summed E-state index contributed by atoms with van der Waals surface area (Å²) >= 11 is 7.02. The molecule has 65 heavy (non-hydrogen) atoms. The van der Waals surface area contributed by atoms with Crippen molar-refractivity contribution in [3.63, 3.8) is 0 Å². The third-order valence-corrected chi connectivity index (χ3v) is 11.5. The van der Waals surface area contributed by atoms with E-state index >= 15 is 0 Å². The summed E-state index contributed by atoms with van der Waals surface area (Å²) in [6, 6.07) is 20.8. The van der Waals surface area contributed by atoms with Gasteiger partial charge in [0.25, 0.3) is 12.9 Å². The molecule has 0 aliphatic heterocycles. The Balaban J connectivity index is 0.000000274. The van der Waals surface area contributed by atoms with Crippen LogP contribution in [0, 0.1) is 11.8 Å². The van der Waals surface area contributed by atoms with Crippen molar-refractivity contribution in [2.75, 3.05) is 0 Å². The van der Waals surface area contributed by atoms with Crippen molar-refractivity contribution in [1.82, 2.24) is 30.1 Å². The predicted molar refractivity (Wildman–Crippen MR) is 246 cm³/mol. The molecule has 0 aromatic carbocycles. The van der Waals surface area contributed by atoms with E-state index in [0.717, 1.165) is 39.8 Å². The number of aryl methyl sites for hydroxylation is 1. The maximum absolute atomic E-state index is 12.7. The molecule has 0 fully saturated rings. The van der Waals surface area contributed by atoms with Gasteiger partial charge in [-0.25, -0.2) is 4.98 Å². The number of halogens is 3. The van der Waals surface area contributed by atoms with Gasteiger partial charge in [0.15, 0.2) is 0 Å². The topological polar surface area (TPSA) is 153 Å². The van der Waals surface area contributed by atoms with Crippen molar-refractivity contribution in [3.8, 4) is 67.9 Å². The normalized spacial score (nSPS) is 10.6. The number of isothiocyanates is 1. The molecule has 0 unspecified atom stereocenters. The van der Waals surface area contributed by atoms with Gasteiger partial charge in [-0.15, -0.1) is 22.7 Å². The molecule has 0 radical (unpaired) electrons. The first-order valence-corrected chi connectivity index (χ1v) is 21.8. The fourth-order valence-corrected chi connectivity index (χ4v) is 7.83. The molecule has 11 nitrogen and oxygen atoms in total. The predicted octanol–water partition coefficient (Wildman–Crippen LogP) is 11.7. The fourth-order valence-electron chi connectivity index (χ4n) is 5.96. The number of carbonyl (C=O) groups is 2. The van der Waals surface area contributed by atoms with Crippen LogP contribution in [0.15, 0.2) is 96.8 Å². The van der Waals surface area contributed by atoms with Crippen LogP contribution in [0.5, 0.6) is 11.5 Å². The molecule has 334 valence electrons. The third-order valence-electron chi connectivity index (χ3n) is 9.02. The van der Waals surface area contributed by atoms with Crippen molar-refractivity contribution in [2.24, 2.45) is 0 Å². The summed E-state index contributed by atoms with van der Waals surface area (Å²) in [6.45, 7) is 9.39. The zero-order chi connectivity index (χ0) is 46.1. The molecule has 0 N–H and O–H groups in total. The molecule has 0 aliphatic rings. The number of thiophene rings is 2. The number of hydrogen-bond acceptors (Lipinski definition) is 12. The summed E-state index contributed by atoms with van der Waals surface area (Å²) in [5, 5.41) is 17.4. The molecule has 7 aromatic rings. The van der Waals surface area contributed by atoms with E-state index in [1.165, 1.54) is 41.1 Å². The molecular formula is C47H40F3N7O4RuS3. The van der Waals surface area contributed by atoms with Crippen LogP contribution in [0.2, 0.25) is 0 Å². The molecule has 0 saturated heterocycles. The van der Waals surface area contributed by atoms with Gasteiger partial charge in [-0.3, -0.25) is 24.5 Å². The Morgan fingerprint density at radius 1 is 0.785 bits per heavy atom. The van der Waals surface area contributed by atoms with Gasteiger partial charge in [0.1, 0.15) is 17.2 Å². The SMILES string of the molecule is CC(C)(C)c1ccc(C#Cc2ccnc(-c3cc(OC=O)cc(-c4cc(OC=O)ccn4)n3)c2)s1.CCCCCCc1ccsc1-c1ccnc(-c2cc(C(F)(F)F)n[n-]2)c1.[N-]=C=S.[Ru+2]. The summed E-state index contributed by atoms with van der Waals surface area (Å²) in [5.41, 5.74) is 4.50. The van der Waals surface area contributed by atoms with Gasteiger partial charge < -0.3 is 25.1 Å². The van der Waals surface area contributed by atoms with E-state index in [1.807, 2.05) is 24.3 Å². The number of carbonyl (C=O) groups excluding carboxylic acids is 2. The second-order valence-electron chi connectivity index (χ2n) is 14.7. The monoisotopic (exact) mass is 1020 g/mol. The maximum Gasteiger partial charge on any atom is 2.00 e. The molecule has 0 saturated carbocycles. The molecule has 0 spiro atoms. The smallest absolute Gasteiger partial charge is 0.753 e. The van der Waals surface area contributed by atoms with Crippen molar-refractivity contribution in [3.05, 3.63) is 129 Å². The largest absolute Gasteiger partial charge is 2.00 e. The molecule has 18 heteroatoms. The number of aromatic nitrogens is 6. The first kappa shape index (κ1) is 51.6. The van der Waals surface area contributed by atoms with E-state index in [4.69, 9.17) is 14.9 Å². The molecule has 0 aliphatic carbocycles. The van der Waals surface area contributed by atoms with Gasteiger partial charge in [0.05, 0.1) is 33.3 Å². The third kappa shape index (κ3) is 15.3. The summed E-state index contributed by atoms with van der Waals surface area (Å²) in [5.74, 6) is 6.99. The Bertz CT molecular complexity index is 2770. The Labute approximate surface area is 400 Å². The van der Waals surface area contributed by atoms with E-state index < -0.39 is 11.9 Å². The van der Waals surface area contributed by atoms with Gasteiger partial charge in [-0.2, -0.15) is 18.3 Å². The van der Waals surface area contributed by atoms with Gasteiger partial charge in [-0.05, 0) is 89.4 Å². The van der Waals surface area contributed by atoms with Crippen molar-refractivity contribution in [2.45, 2.75) is 71.4 Å². The van der Waals surface area contributed by atoms with Gasteiger partial charge in [0, 0.05) is 52.1 Å². The van der Waals surface area contributed by atoms with E-state index in [9.17, 15) is 22.8 Å². The number of rotatable bonds is 13. The number of ether oxygens (including phenoxy) is 2. The molecule has 0 atom stereocenters. The van der Waals surface area contributed by atoms with Crippen molar-refractivity contribution < 1.29 is 51.7 Å². The molecule has 7 aromatic heterocycles. The van der Waals surface area contributed by atoms with Gasteiger partial charge in [-0.1, -0.05) is 76.7 Å². The Morgan fingerprint density at radius 2 is 1.43 bits per heavy atom. The number of hydrogen-bond donors (Lipinski definition) is 0. The quantitative estimate of drug-likeness (QED) is 0.0271. The van der Waals surface area contributed by atoms with Gasteiger partial charge >= 0.3 is 25.7 Å². The Kier molecular flexibility index (Phi) is 19.7. The van der Waals surface area contributed by atoms with Crippen molar-refractivity contribution >= 4 is 53.0 Å². The van der Waals surface area contributed by atoms with Crippen LogP contribution in [-0.4, -0.2) is 43.1 Å². The fraction of sp³-hybridized carbons (Fsp3) is 0.234. The van der Waals surface area contributed by atoms with Crippen LogP contribution in [0.4, 0.5) is 13.2 Å². The van der Waals surface area contributed by atoms with E-state index in [-0.39, 0.29) is 36.3 Å². The number of nitrogens with zero attached hydrogens (tertiary/aromatic N) is 7. The summed E-state index contributed by atoms with van der Waals surface area (Å²) < 4.78 is 48.2. The van der Waals surface area contributed by atoms with Crippen molar-refractivity contribution in [1.29, 1.82) is 0 Å². The Morgan fingerprint density at radius 3 is 2.08 bits per heavy atom. The molecule has 7 rings (SSSR count). The summed E-state index contributed by atoms with van der Waals surface area (Å²) in [4.78, 5) is 42.6. The molecule has 0 bridgehead atoms. The minimum Gasteiger partial charge on any atom is -0.753 e. The zero-order valence-electron chi connectivity index (χ0n) is 35.4. The minimum absolute atomic E-state index is 0. The second-order valence-corrected chi connectivity index (χ2v) is 16.9. The number of pyridine rings is 4. The van der Waals surface area contributed by atoms with Crippen LogP contribution in [-0.2, 0) is 47.1 Å². The average molecular weight is 1020 g/mol. The van der Waals surface area contributed by atoms with Crippen LogP contribution in [0.3, 0.4) is 0 Å². The molecule has 7 heterocycles. The average Bonchev–Trinajstić information content (AvgIpc) is 4.08. The second kappa shape index (κ2) is 24.8.